The number of nitrogens with zero attached hydrogens (tertiary/aromatic N) is 3. The fraction of sp³-hybridized carbons (Fsp3) is 0.429. The number of hydrogen-bond acceptors (Lipinski definition) is 6. The topological polar surface area (TPSA) is 62.3 Å². The summed E-state index contributed by atoms with van der Waals surface area (Å²) in [5.41, 5.74) is 5.73. The van der Waals surface area contributed by atoms with Crippen LogP contribution in [0, 0.1) is 0 Å². The van der Waals surface area contributed by atoms with Gasteiger partial charge < -0.3 is 14.4 Å². The summed E-state index contributed by atoms with van der Waals surface area (Å²) in [4.78, 5) is 32.9. The fourth-order valence-electron chi connectivity index (χ4n) is 5.67. The Morgan fingerprint density at radius 3 is 2.31 bits per heavy atom. The molecule has 7 heteroatoms. The Morgan fingerprint density at radius 2 is 1.66 bits per heavy atom. The summed E-state index contributed by atoms with van der Waals surface area (Å²) in [5.74, 6) is 0.701. The Labute approximate surface area is 206 Å². The second-order valence-electron chi connectivity index (χ2n) is 9.63. The van der Waals surface area contributed by atoms with Gasteiger partial charge in [0.2, 0.25) is 0 Å². The molecule has 1 aliphatic carbocycles. The zero-order chi connectivity index (χ0) is 24.7. The van der Waals surface area contributed by atoms with Crippen LogP contribution in [0.25, 0.3) is 0 Å². The molecular weight excluding hydrogens is 442 g/mol. The number of rotatable bonds is 6. The highest BCUT2D eigenvalue weighted by Gasteiger charge is 2.39. The first kappa shape index (κ1) is 23.4. The average molecular weight is 476 g/mol. The Balaban J connectivity index is 1.34. The van der Waals surface area contributed by atoms with E-state index in [2.05, 4.69) is 23.6 Å². The van der Waals surface area contributed by atoms with Gasteiger partial charge >= 0.3 is 0 Å². The maximum absolute atomic E-state index is 13.5. The zero-order valence-electron chi connectivity index (χ0n) is 21.0. The van der Waals surface area contributed by atoms with Gasteiger partial charge in [0.1, 0.15) is 0 Å². The Bertz CT molecular complexity index is 1200. The highest BCUT2D eigenvalue weighted by atomic mass is 16.5. The van der Waals surface area contributed by atoms with Gasteiger partial charge in [-0.1, -0.05) is 23.3 Å². The molecule has 1 saturated heterocycles. The van der Waals surface area contributed by atoms with Crippen molar-refractivity contribution in [1.29, 1.82) is 0 Å². The van der Waals surface area contributed by atoms with Gasteiger partial charge in [-0.05, 0) is 56.5 Å². The van der Waals surface area contributed by atoms with E-state index in [-0.39, 0.29) is 18.4 Å². The summed E-state index contributed by atoms with van der Waals surface area (Å²) >= 11 is 0. The highest BCUT2D eigenvalue weighted by Crippen LogP contribution is 2.36. The van der Waals surface area contributed by atoms with E-state index in [9.17, 15) is 9.59 Å². The molecule has 184 valence electrons. The molecule has 2 aliphatic heterocycles. The third-order valence-electron chi connectivity index (χ3n) is 7.83. The van der Waals surface area contributed by atoms with Gasteiger partial charge in [-0.2, -0.15) is 0 Å². The quantitative estimate of drug-likeness (QED) is 0.463. The van der Waals surface area contributed by atoms with E-state index in [1.807, 2.05) is 24.3 Å². The molecule has 0 saturated carbocycles. The number of imide groups is 1. The molecule has 2 aromatic rings. The smallest absolute Gasteiger partial charge is 0.263 e. The normalized spacial score (nSPS) is 20.6. The highest BCUT2D eigenvalue weighted by molar-refractivity contribution is 6.23. The van der Waals surface area contributed by atoms with E-state index in [1.54, 1.807) is 26.4 Å². The monoisotopic (exact) mass is 475 g/mol. The number of fused-ring (bicyclic) bond motifs is 1. The summed E-state index contributed by atoms with van der Waals surface area (Å²) in [7, 11) is 3.15. The van der Waals surface area contributed by atoms with E-state index in [1.165, 1.54) is 28.9 Å². The van der Waals surface area contributed by atoms with Crippen LogP contribution in [0.4, 0.5) is 5.69 Å². The Morgan fingerprint density at radius 1 is 0.914 bits per heavy atom. The molecule has 0 N–H and O–H groups in total. The summed E-state index contributed by atoms with van der Waals surface area (Å²) in [6.45, 7) is 8.29. The van der Waals surface area contributed by atoms with Crippen LogP contribution < -0.4 is 14.4 Å². The zero-order valence-corrected chi connectivity index (χ0v) is 21.0. The van der Waals surface area contributed by atoms with Crippen LogP contribution in [0.1, 0.15) is 53.0 Å². The lowest BCUT2D eigenvalue weighted by Crippen LogP contribution is -2.50. The van der Waals surface area contributed by atoms with Crippen molar-refractivity contribution in [1.82, 2.24) is 9.80 Å². The first-order valence-corrected chi connectivity index (χ1v) is 12.3. The predicted molar refractivity (Wildman–Crippen MR) is 135 cm³/mol. The lowest BCUT2D eigenvalue weighted by molar-refractivity contribution is 0.0642. The first-order chi connectivity index (χ1) is 16.9. The number of allylic oxidation sites excluding steroid dienone is 1. The van der Waals surface area contributed by atoms with E-state index >= 15 is 0 Å². The largest absolute Gasteiger partial charge is 0.493 e. The van der Waals surface area contributed by atoms with Crippen molar-refractivity contribution < 1.29 is 19.1 Å². The van der Waals surface area contributed by atoms with Crippen LogP contribution in [-0.2, 0) is 6.54 Å². The molecule has 35 heavy (non-hydrogen) atoms. The standard InChI is InChI=1S/C28H33N3O4/c1-18-8-10-22(19(18)2)29-12-14-30(15-13-29)23-7-5-6-21-26(23)28(33)31(27(21)32)17-20-9-11-24(34-3)25(16-20)35-4/h5-7,9,11,16,22H,8,10,12-15,17H2,1-4H3. The van der Waals surface area contributed by atoms with E-state index < -0.39 is 0 Å². The maximum Gasteiger partial charge on any atom is 0.263 e. The van der Waals surface area contributed by atoms with Gasteiger partial charge in [0.25, 0.3) is 11.8 Å². The summed E-state index contributed by atoms with van der Waals surface area (Å²) < 4.78 is 10.7. The third-order valence-corrected chi connectivity index (χ3v) is 7.83. The summed E-state index contributed by atoms with van der Waals surface area (Å²) in [5, 5.41) is 0. The van der Waals surface area contributed by atoms with Crippen LogP contribution >= 0.6 is 0 Å². The van der Waals surface area contributed by atoms with Gasteiger partial charge in [-0.25, -0.2) is 0 Å². The van der Waals surface area contributed by atoms with Crippen LogP contribution in [0.3, 0.4) is 0 Å². The van der Waals surface area contributed by atoms with Crippen molar-refractivity contribution in [2.45, 2.75) is 39.3 Å². The minimum Gasteiger partial charge on any atom is -0.493 e. The molecule has 0 spiro atoms. The SMILES string of the molecule is COc1ccc(CN2C(=O)c3cccc(N4CCN(C5CCC(C)=C5C)CC4)c3C2=O)cc1OC. The Kier molecular flexibility index (Phi) is 6.28. The second kappa shape index (κ2) is 9.38. The third kappa shape index (κ3) is 4.08. The Hall–Kier alpha value is -3.32. The average Bonchev–Trinajstić information content (AvgIpc) is 3.35. The molecule has 1 unspecified atom stereocenters. The molecule has 1 fully saturated rings. The minimum atomic E-state index is -0.248. The number of anilines is 1. The molecule has 2 amide bonds. The molecular formula is C28H33N3O4. The van der Waals surface area contributed by atoms with Crippen molar-refractivity contribution in [2.75, 3.05) is 45.3 Å². The van der Waals surface area contributed by atoms with Crippen LogP contribution in [0.5, 0.6) is 11.5 Å². The van der Waals surface area contributed by atoms with Gasteiger partial charge in [0.15, 0.2) is 11.5 Å². The molecule has 7 nitrogen and oxygen atoms in total. The fourth-order valence-corrected chi connectivity index (χ4v) is 5.67. The van der Waals surface area contributed by atoms with Crippen molar-refractivity contribution in [3.63, 3.8) is 0 Å². The molecule has 0 aromatic heterocycles. The van der Waals surface area contributed by atoms with Gasteiger partial charge in [-0.15, -0.1) is 0 Å². The number of ether oxygens (including phenoxy) is 2. The van der Waals surface area contributed by atoms with Crippen LogP contribution in [0.15, 0.2) is 47.5 Å². The van der Waals surface area contributed by atoms with Crippen LogP contribution in [0.2, 0.25) is 0 Å². The van der Waals surface area contributed by atoms with Crippen LogP contribution in [-0.4, -0.2) is 68.1 Å². The lowest BCUT2D eigenvalue weighted by atomic mass is 10.0. The maximum atomic E-state index is 13.5. The van der Waals surface area contributed by atoms with Crippen molar-refractivity contribution in [3.05, 3.63) is 64.2 Å². The van der Waals surface area contributed by atoms with E-state index in [0.717, 1.165) is 37.4 Å². The molecule has 3 aliphatic rings. The number of carbonyl (C=O) groups excluding carboxylic acids is 2. The molecule has 0 radical (unpaired) electrons. The number of amides is 2. The minimum absolute atomic E-state index is 0.187. The molecule has 2 heterocycles. The first-order valence-electron chi connectivity index (χ1n) is 12.3. The predicted octanol–water partition coefficient (Wildman–Crippen LogP) is 4.12. The molecule has 5 rings (SSSR count). The molecule has 1 atom stereocenters. The molecule has 0 bridgehead atoms. The summed E-state index contributed by atoms with van der Waals surface area (Å²) in [6, 6.07) is 11.6. The van der Waals surface area contributed by atoms with E-state index in [0.29, 0.717) is 28.7 Å². The second-order valence-corrected chi connectivity index (χ2v) is 9.63. The van der Waals surface area contributed by atoms with Gasteiger partial charge in [-0.3, -0.25) is 19.4 Å². The van der Waals surface area contributed by atoms with Crippen molar-refractivity contribution in [3.8, 4) is 11.5 Å². The van der Waals surface area contributed by atoms with Crippen molar-refractivity contribution in [2.24, 2.45) is 0 Å². The molecule has 2 aromatic carbocycles. The summed E-state index contributed by atoms with van der Waals surface area (Å²) in [6.07, 6.45) is 2.39. The van der Waals surface area contributed by atoms with E-state index in [4.69, 9.17) is 9.47 Å². The number of hydrogen-bond donors (Lipinski definition) is 0. The number of carbonyl (C=O) groups is 2. The number of piperazine rings is 1. The number of methoxy groups -OCH3 is 2. The number of benzene rings is 2. The van der Waals surface area contributed by atoms with Gasteiger partial charge in [0.05, 0.1) is 37.6 Å². The van der Waals surface area contributed by atoms with Crippen molar-refractivity contribution >= 4 is 17.5 Å². The lowest BCUT2D eigenvalue weighted by Gasteiger charge is -2.40. The van der Waals surface area contributed by atoms with Gasteiger partial charge in [0, 0.05) is 32.2 Å².